The van der Waals surface area contributed by atoms with Crippen molar-refractivity contribution in [2.75, 3.05) is 24.2 Å². The van der Waals surface area contributed by atoms with Gasteiger partial charge < -0.3 is 5.32 Å². The van der Waals surface area contributed by atoms with Gasteiger partial charge in [-0.1, -0.05) is 19.1 Å². The number of carbonyl (C=O) groups is 2. The lowest BCUT2D eigenvalue weighted by Crippen LogP contribution is -2.42. The molecular weight excluding hydrogens is 328 g/mol. The average Bonchev–Trinajstić information content (AvgIpc) is 2.55. The zero-order valence-electron chi connectivity index (χ0n) is 14.1. The largest absolute Gasteiger partial charge is 0.326 e. The maximum Gasteiger partial charge on any atom is 0.227 e. The average molecular weight is 352 g/mol. The van der Waals surface area contributed by atoms with Gasteiger partial charge in [0.05, 0.1) is 5.75 Å². The third-order valence-corrected chi connectivity index (χ3v) is 6.29. The van der Waals surface area contributed by atoms with Gasteiger partial charge in [0, 0.05) is 30.3 Å². The summed E-state index contributed by atoms with van der Waals surface area (Å²) in [5, 5.41) is 2.83. The molecule has 0 aliphatic carbocycles. The van der Waals surface area contributed by atoms with Gasteiger partial charge in [0.15, 0.2) is 5.78 Å². The summed E-state index contributed by atoms with van der Waals surface area (Å²) in [7, 11) is -3.19. The molecule has 6 nitrogen and oxygen atoms in total. The molecule has 1 N–H and O–H groups in total. The first-order valence-corrected chi connectivity index (χ1v) is 9.84. The number of nitrogens with one attached hydrogen (secondary N) is 1. The fraction of sp³-hybridized carbons (Fsp3) is 0.529. The van der Waals surface area contributed by atoms with E-state index in [0.29, 0.717) is 43.6 Å². The lowest BCUT2D eigenvalue weighted by atomic mass is 9.97. The Morgan fingerprint density at radius 1 is 1.25 bits per heavy atom. The van der Waals surface area contributed by atoms with Gasteiger partial charge in [-0.2, -0.15) is 0 Å². The molecule has 1 fully saturated rings. The quantitative estimate of drug-likeness (QED) is 0.796. The number of hydrogen-bond donors (Lipinski definition) is 1. The Morgan fingerprint density at radius 2 is 1.92 bits per heavy atom. The predicted octanol–water partition coefficient (Wildman–Crippen LogP) is 2.28. The highest BCUT2D eigenvalue weighted by Gasteiger charge is 2.30. The van der Waals surface area contributed by atoms with Crippen LogP contribution in [0, 0.1) is 5.92 Å². The molecule has 0 bridgehead atoms. The number of Topliss-reactive ketones (excluding diaryl/α,β-unsaturated/α-hetero) is 1. The molecule has 1 aromatic carbocycles. The van der Waals surface area contributed by atoms with Crippen LogP contribution in [-0.4, -0.2) is 43.3 Å². The van der Waals surface area contributed by atoms with Crippen LogP contribution in [0.3, 0.4) is 0 Å². The molecule has 132 valence electrons. The van der Waals surface area contributed by atoms with Gasteiger partial charge in [0.25, 0.3) is 0 Å². The third-order valence-electron chi connectivity index (χ3n) is 4.22. The SMILES string of the molecule is CCCS(=O)(=O)N1CCC(C(=O)Nc2cccc(C(C)=O)c2)CC1. The molecular formula is C17H24N2O4S. The molecule has 0 spiro atoms. The molecule has 1 amide bonds. The first-order valence-electron chi connectivity index (χ1n) is 8.23. The highest BCUT2D eigenvalue weighted by Crippen LogP contribution is 2.22. The topological polar surface area (TPSA) is 83.6 Å². The van der Waals surface area contributed by atoms with E-state index < -0.39 is 10.0 Å². The molecule has 1 aliphatic rings. The van der Waals surface area contributed by atoms with Crippen molar-refractivity contribution in [3.05, 3.63) is 29.8 Å². The summed E-state index contributed by atoms with van der Waals surface area (Å²) in [5.41, 5.74) is 1.14. The van der Waals surface area contributed by atoms with Crippen LogP contribution in [0.2, 0.25) is 0 Å². The van der Waals surface area contributed by atoms with Crippen LogP contribution < -0.4 is 5.32 Å². The number of benzene rings is 1. The van der Waals surface area contributed by atoms with E-state index in [0.717, 1.165) is 0 Å². The number of piperidine rings is 1. The molecule has 0 radical (unpaired) electrons. The summed E-state index contributed by atoms with van der Waals surface area (Å²) in [4.78, 5) is 23.8. The third kappa shape index (κ3) is 4.64. The van der Waals surface area contributed by atoms with Gasteiger partial charge in [-0.05, 0) is 38.3 Å². The van der Waals surface area contributed by atoms with Crippen LogP contribution in [0.1, 0.15) is 43.5 Å². The Kier molecular flexibility index (Phi) is 6.12. The Balaban J connectivity index is 1.94. The fourth-order valence-electron chi connectivity index (χ4n) is 2.84. The van der Waals surface area contributed by atoms with Crippen molar-refractivity contribution in [1.29, 1.82) is 0 Å². The van der Waals surface area contributed by atoms with Crippen LogP contribution in [0.4, 0.5) is 5.69 Å². The monoisotopic (exact) mass is 352 g/mol. The minimum Gasteiger partial charge on any atom is -0.326 e. The van der Waals surface area contributed by atoms with Crippen molar-refractivity contribution in [2.24, 2.45) is 5.92 Å². The summed E-state index contributed by atoms with van der Waals surface area (Å²) in [6, 6.07) is 6.83. The van der Waals surface area contributed by atoms with Crippen LogP contribution in [0.15, 0.2) is 24.3 Å². The first kappa shape index (κ1) is 18.6. The molecule has 1 aliphatic heterocycles. The molecule has 1 saturated heterocycles. The molecule has 0 saturated carbocycles. The van der Waals surface area contributed by atoms with Crippen molar-refractivity contribution in [2.45, 2.75) is 33.1 Å². The number of rotatable bonds is 6. The first-order chi connectivity index (χ1) is 11.3. The number of ketones is 1. The van der Waals surface area contributed by atoms with E-state index in [-0.39, 0.29) is 23.4 Å². The smallest absolute Gasteiger partial charge is 0.227 e. The molecule has 0 unspecified atom stereocenters. The highest BCUT2D eigenvalue weighted by molar-refractivity contribution is 7.89. The number of sulfonamides is 1. The molecule has 0 atom stereocenters. The Bertz CT molecular complexity index is 707. The lowest BCUT2D eigenvalue weighted by molar-refractivity contribution is -0.120. The molecule has 0 aromatic heterocycles. The number of carbonyl (C=O) groups excluding carboxylic acids is 2. The maximum absolute atomic E-state index is 12.4. The molecule has 7 heteroatoms. The predicted molar refractivity (Wildman–Crippen MR) is 93.5 cm³/mol. The summed E-state index contributed by atoms with van der Waals surface area (Å²) in [5.74, 6) is -0.232. The van der Waals surface area contributed by atoms with Crippen LogP contribution in [-0.2, 0) is 14.8 Å². The van der Waals surface area contributed by atoms with Crippen LogP contribution in [0.25, 0.3) is 0 Å². The van der Waals surface area contributed by atoms with E-state index in [9.17, 15) is 18.0 Å². The van der Waals surface area contributed by atoms with Gasteiger partial charge in [-0.3, -0.25) is 9.59 Å². The molecule has 1 aromatic rings. The normalized spacial score (nSPS) is 16.8. The zero-order valence-corrected chi connectivity index (χ0v) is 14.9. The van der Waals surface area contributed by atoms with Crippen molar-refractivity contribution in [3.8, 4) is 0 Å². The van der Waals surface area contributed by atoms with Crippen molar-refractivity contribution in [3.63, 3.8) is 0 Å². The number of nitrogens with zero attached hydrogens (tertiary/aromatic N) is 1. The summed E-state index contributed by atoms with van der Waals surface area (Å²) in [6.45, 7) is 4.09. The van der Waals surface area contributed by atoms with Gasteiger partial charge in [-0.25, -0.2) is 12.7 Å². The van der Waals surface area contributed by atoms with Crippen molar-refractivity contribution >= 4 is 27.4 Å². The Labute approximate surface area is 143 Å². The highest BCUT2D eigenvalue weighted by atomic mass is 32.2. The molecule has 2 rings (SSSR count). The van der Waals surface area contributed by atoms with E-state index in [1.54, 1.807) is 24.3 Å². The summed E-state index contributed by atoms with van der Waals surface area (Å²) < 4.78 is 25.6. The second-order valence-electron chi connectivity index (χ2n) is 6.12. The van der Waals surface area contributed by atoms with Gasteiger partial charge in [0.1, 0.15) is 0 Å². The van der Waals surface area contributed by atoms with E-state index in [2.05, 4.69) is 5.32 Å². The standard InChI is InChI=1S/C17H24N2O4S/c1-3-11-24(22,23)19-9-7-14(8-10-19)17(21)18-16-6-4-5-15(12-16)13(2)20/h4-6,12,14H,3,7-11H2,1-2H3,(H,18,21). The number of amides is 1. The van der Waals surface area contributed by atoms with Crippen molar-refractivity contribution in [1.82, 2.24) is 4.31 Å². The van der Waals surface area contributed by atoms with Crippen molar-refractivity contribution < 1.29 is 18.0 Å². The van der Waals surface area contributed by atoms with Gasteiger partial charge >= 0.3 is 0 Å². The van der Waals surface area contributed by atoms with Crippen LogP contribution in [0.5, 0.6) is 0 Å². The maximum atomic E-state index is 12.4. The van der Waals surface area contributed by atoms with E-state index in [1.807, 2.05) is 6.92 Å². The van der Waals surface area contributed by atoms with E-state index >= 15 is 0 Å². The van der Waals surface area contributed by atoms with E-state index in [1.165, 1.54) is 11.2 Å². The fourth-order valence-corrected chi connectivity index (χ4v) is 4.38. The molecule has 24 heavy (non-hydrogen) atoms. The summed E-state index contributed by atoms with van der Waals surface area (Å²) in [6.07, 6.45) is 1.62. The minimum atomic E-state index is -3.19. The minimum absolute atomic E-state index is 0.0551. The zero-order chi connectivity index (χ0) is 17.7. The second-order valence-corrected chi connectivity index (χ2v) is 8.20. The Morgan fingerprint density at radius 3 is 2.50 bits per heavy atom. The van der Waals surface area contributed by atoms with Gasteiger partial charge in [0.2, 0.25) is 15.9 Å². The Hall–Kier alpha value is -1.73. The van der Waals surface area contributed by atoms with Gasteiger partial charge in [-0.15, -0.1) is 0 Å². The summed E-state index contributed by atoms with van der Waals surface area (Å²) >= 11 is 0. The number of anilines is 1. The lowest BCUT2D eigenvalue weighted by Gasteiger charge is -2.30. The molecule has 1 heterocycles. The van der Waals surface area contributed by atoms with Crippen LogP contribution >= 0.6 is 0 Å². The van der Waals surface area contributed by atoms with E-state index in [4.69, 9.17) is 0 Å². The number of hydrogen-bond acceptors (Lipinski definition) is 4. The second kappa shape index (κ2) is 7.90.